The van der Waals surface area contributed by atoms with E-state index in [1.54, 1.807) is 0 Å². The second-order valence-electron chi connectivity index (χ2n) is 29.6. The van der Waals surface area contributed by atoms with Gasteiger partial charge in [0, 0.05) is 19.3 Å². The molecule has 0 aliphatic carbocycles. The number of aliphatic hydroxyl groups is 2. The van der Waals surface area contributed by atoms with Gasteiger partial charge in [0.25, 0.3) is 0 Å². The Morgan fingerprint density at radius 2 is 0.477 bits per heavy atom. The minimum Gasteiger partial charge on any atom is -0.463 e. The summed E-state index contributed by atoms with van der Waals surface area (Å²) < 4.78 is 61.4. The number of hydrogen-bond acceptors (Lipinski definition) is 14. The molecule has 0 aliphatic heterocycles. The van der Waals surface area contributed by atoms with Crippen molar-refractivity contribution in [2.24, 2.45) is 0 Å². The van der Waals surface area contributed by atoms with E-state index < -0.39 is 91.5 Å². The molecule has 0 aromatic carbocycles. The van der Waals surface area contributed by atoms with Crippen LogP contribution in [-0.4, -0.2) is 95.9 Å². The molecule has 16 nitrogen and oxygen atoms in total. The predicted octanol–water partition coefficient (Wildman–Crippen LogP) is 27.0. The predicted molar refractivity (Wildman–Crippen MR) is 463 cm³/mol. The molecule has 0 heterocycles. The Labute approximate surface area is 677 Å². The first kappa shape index (κ1) is 107. The molecule has 0 radical (unpaired) electrons. The third kappa shape index (κ3) is 86.4. The van der Waals surface area contributed by atoms with Crippen LogP contribution in [0.1, 0.15) is 380 Å². The molecule has 5 unspecified atom stereocenters. The van der Waals surface area contributed by atoms with Crippen LogP contribution in [0.4, 0.5) is 0 Å². The number of aliphatic hydroxyl groups excluding tert-OH is 2. The number of allylic oxidation sites excluding steroid dienone is 22. The molecule has 0 fully saturated rings. The summed E-state index contributed by atoms with van der Waals surface area (Å²) in [5, 5.41) is 20.7. The maximum absolute atomic E-state index is 13.0. The standard InChI is InChI=1S/C93H162O16P2/c1-4-7-10-13-16-19-22-25-28-30-32-34-36-38-40-42-43-45-47-48-50-52-54-56-59-61-64-67-70-73-76-79-91(96)103-82-88(94)83-105-110(99,100)106-84-89(95)85-107-111(101,102)108-87-90(109-93(98)81-78-75-72-69-66-63-58-27-24-21-18-15-12-9-6-3)86-104-92(97)80-77-74-71-68-65-62-60-57-55-53-51-49-46-44-41-39-37-35-33-31-29-26-23-20-17-14-11-8-5-2/h7-8,10-11,16-17,19-20,25-26,28-29,32-35,38-41,43,45,88-90,94-95H,4-6,9,12-15,18,21-24,27,30-31,36-37,42,44,46-87H2,1-3H3,(H,99,100)(H,101,102)/b10-7-,11-8-,19-16-,20-17-,28-25-,29-26-,34-32-,35-33-,40-38-,41-39-,45-43-. The molecule has 0 bridgehead atoms. The summed E-state index contributed by atoms with van der Waals surface area (Å²) in [6, 6.07) is 0. The Morgan fingerprint density at radius 3 is 0.757 bits per heavy atom. The second-order valence-corrected chi connectivity index (χ2v) is 32.6. The van der Waals surface area contributed by atoms with Gasteiger partial charge in [0.1, 0.15) is 25.4 Å². The fourth-order valence-electron chi connectivity index (χ4n) is 12.2. The summed E-state index contributed by atoms with van der Waals surface area (Å²) in [4.78, 5) is 58.9. The topological polar surface area (TPSA) is 231 Å². The lowest BCUT2D eigenvalue weighted by molar-refractivity contribution is -0.161. The molecule has 0 amide bonds. The van der Waals surface area contributed by atoms with Crippen molar-refractivity contribution >= 4 is 33.6 Å². The largest absolute Gasteiger partial charge is 0.472 e. The van der Waals surface area contributed by atoms with Gasteiger partial charge in [-0.05, 0) is 116 Å². The number of unbranched alkanes of at least 4 members (excludes halogenated alkanes) is 39. The summed E-state index contributed by atoms with van der Waals surface area (Å²) in [6.07, 6.45) is 105. The highest BCUT2D eigenvalue weighted by molar-refractivity contribution is 7.47. The lowest BCUT2D eigenvalue weighted by Gasteiger charge is -2.21. The minimum absolute atomic E-state index is 0.108. The molecule has 18 heteroatoms. The summed E-state index contributed by atoms with van der Waals surface area (Å²) in [7, 11) is -9.79. The van der Waals surface area contributed by atoms with E-state index in [-0.39, 0.29) is 19.3 Å². The quantitative estimate of drug-likeness (QED) is 0.0146. The van der Waals surface area contributed by atoms with E-state index in [4.69, 9.17) is 32.3 Å². The van der Waals surface area contributed by atoms with Crippen LogP contribution >= 0.6 is 15.6 Å². The first-order valence-corrected chi connectivity index (χ1v) is 47.5. The number of phosphoric acid groups is 2. The average molecular weight is 1600 g/mol. The normalized spacial score (nSPS) is 14.5. The Bertz CT molecular complexity index is 2550. The van der Waals surface area contributed by atoms with Gasteiger partial charge in [-0.1, -0.05) is 379 Å². The van der Waals surface area contributed by atoms with Crippen LogP contribution in [0, 0.1) is 0 Å². The Hall–Kier alpha value is -4.31. The fourth-order valence-corrected chi connectivity index (χ4v) is 13.8. The molecule has 0 saturated carbocycles. The van der Waals surface area contributed by atoms with Gasteiger partial charge in [0.05, 0.1) is 26.4 Å². The van der Waals surface area contributed by atoms with Gasteiger partial charge in [-0.2, -0.15) is 0 Å². The molecule has 5 atom stereocenters. The van der Waals surface area contributed by atoms with Gasteiger partial charge in [-0.25, -0.2) is 9.13 Å². The summed E-state index contributed by atoms with van der Waals surface area (Å²) in [5.41, 5.74) is 0. The van der Waals surface area contributed by atoms with Crippen LogP contribution in [-0.2, 0) is 55.8 Å². The first-order valence-electron chi connectivity index (χ1n) is 44.5. The number of carbonyl (C=O) groups excluding carboxylic acids is 3. The zero-order valence-corrected chi connectivity index (χ0v) is 72.1. The number of phosphoric ester groups is 2. The van der Waals surface area contributed by atoms with Gasteiger partial charge >= 0.3 is 33.6 Å². The fraction of sp³-hybridized carbons (Fsp3) is 0.731. The maximum Gasteiger partial charge on any atom is 0.472 e. The van der Waals surface area contributed by atoms with Gasteiger partial charge < -0.3 is 34.2 Å². The third-order valence-electron chi connectivity index (χ3n) is 18.9. The van der Waals surface area contributed by atoms with E-state index >= 15 is 0 Å². The SMILES string of the molecule is CC/C=C\C/C=C\C/C=C\C/C=C\C/C=C\C/C=C\CCCCCCCCCCCCCCC(=O)OCC(O)COP(=O)(O)OCC(O)COP(=O)(O)OCC(COC(=O)CCCCCCCCCCCCCCC/C=C\C/C=C\C/C=C\C/C=C\C/C=C\CC)OC(=O)CCCCCCCCCCCCCCCCC. The molecule has 4 N–H and O–H groups in total. The van der Waals surface area contributed by atoms with Crippen molar-refractivity contribution in [2.45, 2.75) is 399 Å². The Morgan fingerprint density at radius 1 is 0.261 bits per heavy atom. The van der Waals surface area contributed by atoms with Crippen LogP contribution in [0.2, 0.25) is 0 Å². The van der Waals surface area contributed by atoms with Crippen LogP contribution in [0.25, 0.3) is 0 Å². The van der Waals surface area contributed by atoms with E-state index in [0.717, 1.165) is 148 Å². The highest BCUT2D eigenvalue weighted by atomic mass is 31.2. The Balaban J connectivity index is 4.49. The lowest BCUT2D eigenvalue weighted by Crippen LogP contribution is -2.30. The molecule has 0 aromatic rings. The van der Waals surface area contributed by atoms with Gasteiger partial charge in [-0.15, -0.1) is 0 Å². The number of hydrogen-bond donors (Lipinski definition) is 4. The number of ether oxygens (including phenoxy) is 3. The molecule has 111 heavy (non-hydrogen) atoms. The summed E-state index contributed by atoms with van der Waals surface area (Å²) in [6.45, 7) is 2.51. The number of carbonyl (C=O) groups is 3. The minimum atomic E-state index is -4.93. The summed E-state index contributed by atoms with van der Waals surface area (Å²) in [5.74, 6) is -1.56. The number of rotatable bonds is 84. The average Bonchev–Trinajstić information content (AvgIpc) is 0.908. The van der Waals surface area contributed by atoms with Crippen molar-refractivity contribution in [1.82, 2.24) is 0 Å². The second kappa shape index (κ2) is 85.1. The van der Waals surface area contributed by atoms with Crippen LogP contribution in [0.5, 0.6) is 0 Å². The van der Waals surface area contributed by atoms with Crippen molar-refractivity contribution in [3.8, 4) is 0 Å². The van der Waals surface area contributed by atoms with Crippen LogP contribution in [0.3, 0.4) is 0 Å². The van der Waals surface area contributed by atoms with E-state index in [1.807, 2.05) is 0 Å². The molecular weight excluding hydrogens is 1430 g/mol. The third-order valence-corrected chi connectivity index (χ3v) is 20.8. The zero-order chi connectivity index (χ0) is 80.8. The van der Waals surface area contributed by atoms with E-state index in [2.05, 4.69) is 154 Å². The highest BCUT2D eigenvalue weighted by Crippen LogP contribution is 2.45. The van der Waals surface area contributed by atoms with Crippen LogP contribution < -0.4 is 0 Å². The van der Waals surface area contributed by atoms with Crippen molar-refractivity contribution < 1.29 is 75.8 Å². The molecule has 0 spiro atoms. The van der Waals surface area contributed by atoms with Crippen molar-refractivity contribution in [3.05, 3.63) is 134 Å². The molecule has 640 valence electrons. The molecule has 0 rings (SSSR count). The van der Waals surface area contributed by atoms with E-state index in [0.29, 0.717) is 19.3 Å². The molecule has 0 saturated heterocycles. The molecule has 0 aromatic heterocycles. The Kier molecular flexibility index (Phi) is 81.8. The van der Waals surface area contributed by atoms with Crippen LogP contribution in [0.15, 0.2) is 134 Å². The lowest BCUT2D eigenvalue weighted by atomic mass is 10.0. The van der Waals surface area contributed by atoms with Crippen molar-refractivity contribution in [3.63, 3.8) is 0 Å². The maximum atomic E-state index is 13.0. The first-order chi connectivity index (χ1) is 54.2. The smallest absolute Gasteiger partial charge is 0.463 e. The van der Waals surface area contributed by atoms with Gasteiger partial charge in [0.15, 0.2) is 6.10 Å². The number of esters is 3. The molecule has 0 aliphatic rings. The van der Waals surface area contributed by atoms with Gasteiger partial charge in [-0.3, -0.25) is 32.5 Å². The monoisotopic (exact) mass is 1600 g/mol. The molecular formula is C93H162O16P2. The van der Waals surface area contributed by atoms with E-state index in [1.165, 1.54) is 173 Å². The zero-order valence-electron chi connectivity index (χ0n) is 70.4. The van der Waals surface area contributed by atoms with E-state index in [9.17, 15) is 43.5 Å². The van der Waals surface area contributed by atoms with Crippen molar-refractivity contribution in [2.75, 3.05) is 39.6 Å². The highest BCUT2D eigenvalue weighted by Gasteiger charge is 2.29. The summed E-state index contributed by atoms with van der Waals surface area (Å²) >= 11 is 0. The van der Waals surface area contributed by atoms with Gasteiger partial charge in [0.2, 0.25) is 0 Å². The van der Waals surface area contributed by atoms with Crippen molar-refractivity contribution in [1.29, 1.82) is 0 Å².